The van der Waals surface area contributed by atoms with Crippen molar-refractivity contribution in [2.75, 3.05) is 38.2 Å². The number of aromatic nitrogens is 3. The molecule has 0 bridgehead atoms. The van der Waals surface area contributed by atoms with E-state index in [1.807, 2.05) is 24.3 Å². The number of fused-ring (bicyclic) bond motifs is 1. The normalized spacial score (nSPS) is 16.8. The summed E-state index contributed by atoms with van der Waals surface area (Å²) in [5, 5.41) is 44.4. The number of aliphatic carboxylic acids is 1. The number of carbonyl (C=O) groups is 14. The Labute approximate surface area is 618 Å². The third-order valence-corrected chi connectivity index (χ3v) is 18.9. The standard InChI is InChI=1S/C71H104N18O16S/c1-39(2)30-52(86-66(99)54(33-42-35-77-47-13-7-6-12-45(42)47)84-61(94)46(73)34-43-36-76-38-79-43)64(97)81-48(21-23-58(74)91)62(95)85-53(31-40(3)4)65(98)83-50(14-8-9-26-72)69(102)88-27-10-15-56(88)67(100)78-37-60(93)80-51(22-24-59(75)92)70(103)89-28-11-16-57(89)68(101)82-49(25-29-106-5)63(96)87-55(71(104)105)32-41-17-19-44(90)20-18-41/h6-7,12-13,17-20,35-36,38-40,46,48-57,77,90H,8-11,14-16,21-34,37,72-73H2,1-5H3,(H2,74,91)(H2,75,92)(H,76,79)(H,78,100)(H,80,93)(H,81,97)(H,82,101)(H,83,98)(H,84,94)(H,85,95)(H,86,99)(H,87,96)(H,104,105)/t46-,48-,49-,50-,51-,52-,53-,54-,55-,56-,57-/m0/s1. The van der Waals surface area contributed by atoms with Gasteiger partial charge in [0.25, 0.3) is 0 Å². The first-order valence-electron chi connectivity index (χ1n) is 35.8. The number of amides is 13. The average molecular weight is 1500 g/mol. The molecule has 0 spiro atoms. The summed E-state index contributed by atoms with van der Waals surface area (Å²) in [5.41, 5.74) is 25.8. The summed E-state index contributed by atoms with van der Waals surface area (Å²) >= 11 is 1.37. The van der Waals surface area contributed by atoms with E-state index in [2.05, 4.69) is 62.8 Å². The zero-order chi connectivity index (χ0) is 77.7. The van der Waals surface area contributed by atoms with Crippen LogP contribution in [0.5, 0.6) is 5.75 Å². The molecule has 2 fully saturated rings. The highest BCUT2D eigenvalue weighted by atomic mass is 32.2. The monoisotopic (exact) mass is 1500 g/mol. The summed E-state index contributed by atoms with van der Waals surface area (Å²) in [6.07, 6.45) is 6.75. The van der Waals surface area contributed by atoms with Crippen LogP contribution in [-0.4, -0.2) is 222 Å². The van der Waals surface area contributed by atoms with E-state index in [0.717, 1.165) is 10.9 Å². The quantitative estimate of drug-likeness (QED) is 0.0225. The van der Waals surface area contributed by atoms with Crippen LogP contribution in [0.15, 0.2) is 67.3 Å². The maximum atomic E-state index is 14.8. The van der Waals surface area contributed by atoms with Crippen LogP contribution in [0, 0.1) is 11.8 Å². The van der Waals surface area contributed by atoms with Crippen LogP contribution in [0.3, 0.4) is 0 Å². The molecule has 13 amide bonds. The van der Waals surface area contributed by atoms with Gasteiger partial charge >= 0.3 is 5.97 Å². The number of likely N-dealkylation sites (tertiary alicyclic amines) is 2. The number of hydrogen-bond donors (Lipinski definition) is 17. The van der Waals surface area contributed by atoms with Crippen LogP contribution in [0.1, 0.15) is 134 Å². The fourth-order valence-corrected chi connectivity index (χ4v) is 13.2. The average Bonchev–Trinajstić information content (AvgIpc) is 1.68. The molecular formula is C71H104N18O16S. The number of carbonyl (C=O) groups excluding carboxylic acids is 13. The van der Waals surface area contributed by atoms with Gasteiger partial charge in [-0.3, -0.25) is 62.3 Å². The fraction of sp³-hybridized carbons (Fsp3) is 0.563. The number of carboxylic acids is 1. The Kier molecular flexibility index (Phi) is 33.7. The van der Waals surface area contributed by atoms with Gasteiger partial charge in [-0.05, 0) is 137 Å². The molecule has 0 unspecified atom stereocenters. The van der Waals surface area contributed by atoms with E-state index in [9.17, 15) is 77.3 Å². The van der Waals surface area contributed by atoms with Crippen molar-refractivity contribution >= 4 is 105 Å². The van der Waals surface area contributed by atoms with Crippen LogP contribution in [0.4, 0.5) is 0 Å². The number of phenolic OH excluding ortho intramolecular Hbond substituents is 1. The molecule has 2 aliphatic heterocycles. The highest BCUT2D eigenvalue weighted by Gasteiger charge is 2.42. The van der Waals surface area contributed by atoms with Crippen molar-refractivity contribution in [1.82, 2.24) is 72.6 Å². The summed E-state index contributed by atoms with van der Waals surface area (Å²) in [6, 6.07) is -1.17. The largest absolute Gasteiger partial charge is 0.508 e. The Balaban J connectivity index is 1.11. The minimum absolute atomic E-state index is 0.000757. The number of H-pyrrole nitrogens is 2. The molecule has 21 N–H and O–H groups in total. The zero-order valence-corrected chi connectivity index (χ0v) is 61.4. The van der Waals surface area contributed by atoms with Gasteiger partial charge in [0.1, 0.15) is 66.2 Å². The zero-order valence-electron chi connectivity index (χ0n) is 60.6. The van der Waals surface area contributed by atoms with E-state index in [1.54, 1.807) is 40.1 Å². The lowest BCUT2D eigenvalue weighted by Gasteiger charge is -2.31. The van der Waals surface area contributed by atoms with Crippen molar-refractivity contribution in [2.45, 2.75) is 203 Å². The lowest BCUT2D eigenvalue weighted by atomic mass is 9.99. The number of para-hydroxylation sites is 1. The number of rotatable bonds is 44. The molecule has 11 atom stereocenters. The molecule has 2 aromatic heterocycles. The van der Waals surface area contributed by atoms with Gasteiger partial charge in [0.2, 0.25) is 76.8 Å². The lowest BCUT2D eigenvalue weighted by Crippen LogP contribution is -2.60. The number of hydrogen-bond acceptors (Lipinski definition) is 19. The van der Waals surface area contributed by atoms with Gasteiger partial charge in [0.05, 0.1) is 18.9 Å². The Morgan fingerprint density at radius 3 is 1.66 bits per heavy atom. The molecule has 0 saturated carbocycles. The van der Waals surface area contributed by atoms with E-state index in [-0.39, 0.29) is 114 Å². The van der Waals surface area contributed by atoms with Crippen LogP contribution < -0.4 is 70.8 Å². The SMILES string of the molecule is CSCC[C@H](NC(=O)[C@@H]1CCCN1C(=O)[C@H](CCC(N)=O)NC(=O)CNC(=O)[C@@H]1CCCN1C(=O)[C@H](CCCCN)NC(=O)[C@H](CC(C)C)NC(=O)[C@H](CCC(N)=O)NC(=O)[C@H](CC(C)C)NC(=O)[C@H](Cc1c[nH]c2ccccc12)NC(=O)[C@@H](N)Cc1cnc[nH]1)C(=O)N[C@@H](Cc1ccc(O)cc1)C(=O)O. The first-order valence-corrected chi connectivity index (χ1v) is 37.2. The molecule has 4 aromatic rings. The smallest absolute Gasteiger partial charge is 0.326 e. The predicted octanol–water partition coefficient (Wildman–Crippen LogP) is -1.48. The van der Waals surface area contributed by atoms with Gasteiger partial charge in [-0.25, -0.2) is 9.78 Å². The first-order chi connectivity index (χ1) is 50.5. The fourth-order valence-electron chi connectivity index (χ4n) is 12.7. The van der Waals surface area contributed by atoms with Crippen molar-refractivity contribution in [3.63, 3.8) is 0 Å². The number of nitrogens with zero attached hydrogens (tertiary/aromatic N) is 3. The number of imidazole rings is 1. The number of benzene rings is 2. The molecule has 0 radical (unpaired) electrons. The highest BCUT2D eigenvalue weighted by Crippen LogP contribution is 2.24. The van der Waals surface area contributed by atoms with Gasteiger partial charge in [0.15, 0.2) is 0 Å². The molecule has 2 aromatic carbocycles. The highest BCUT2D eigenvalue weighted by molar-refractivity contribution is 7.98. The molecule has 4 heterocycles. The van der Waals surface area contributed by atoms with E-state index >= 15 is 0 Å². The van der Waals surface area contributed by atoms with Crippen molar-refractivity contribution in [1.29, 1.82) is 0 Å². The third-order valence-electron chi connectivity index (χ3n) is 18.3. The number of primary amides is 2. The summed E-state index contributed by atoms with van der Waals surface area (Å²) in [6.45, 7) is 6.75. The Morgan fingerprint density at radius 1 is 0.585 bits per heavy atom. The predicted molar refractivity (Wildman–Crippen MR) is 391 cm³/mol. The van der Waals surface area contributed by atoms with Gasteiger partial charge in [-0.1, -0.05) is 58.0 Å². The molecule has 34 nitrogen and oxygen atoms in total. The maximum absolute atomic E-state index is 14.8. The number of aromatic hydroxyl groups is 1. The molecule has 106 heavy (non-hydrogen) atoms. The number of nitrogens with one attached hydrogen (secondary N) is 11. The van der Waals surface area contributed by atoms with Gasteiger partial charge < -0.3 is 101 Å². The van der Waals surface area contributed by atoms with Gasteiger partial charge in [-0.2, -0.15) is 11.8 Å². The molecule has 580 valence electrons. The minimum atomic E-state index is -1.52. The molecule has 6 rings (SSSR count). The maximum Gasteiger partial charge on any atom is 0.326 e. The molecule has 35 heteroatoms. The van der Waals surface area contributed by atoms with Crippen molar-refractivity contribution < 1.29 is 77.3 Å². The Hall–Kier alpha value is -10.2. The number of aromatic amines is 2. The van der Waals surface area contributed by atoms with Crippen LogP contribution >= 0.6 is 11.8 Å². The third kappa shape index (κ3) is 26.5. The minimum Gasteiger partial charge on any atom is -0.508 e. The second-order valence-electron chi connectivity index (χ2n) is 27.6. The van der Waals surface area contributed by atoms with Crippen LogP contribution in [0.2, 0.25) is 0 Å². The van der Waals surface area contributed by atoms with Crippen molar-refractivity contribution in [3.8, 4) is 5.75 Å². The second kappa shape index (κ2) is 42.1. The second-order valence-corrected chi connectivity index (χ2v) is 28.6. The van der Waals surface area contributed by atoms with E-state index in [0.29, 0.717) is 48.3 Å². The summed E-state index contributed by atoms with van der Waals surface area (Å²) < 4.78 is 0. The number of carboxylic acid groups (broad SMARTS) is 1. The van der Waals surface area contributed by atoms with Crippen molar-refractivity contribution in [2.24, 2.45) is 34.8 Å². The van der Waals surface area contributed by atoms with Gasteiger partial charge in [0, 0.05) is 74.2 Å². The number of thioether (sulfide) groups is 1. The summed E-state index contributed by atoms with van der Waals surface area (Å²) in [5.74, 6) is -11.7. The lowest BCUT2D eigenvalue weighted by molar-refractivity contribution is -0.143. The first kappa shape index (κ1) is 84.8. The van der Waals surface area contributed by atoms with Crippen molar-refractivity contribution in [3.05, 3.63) is 84.1 Å². The Morgan fingerprint density at radius 2 is 1.10 bits per heavy atom. The number of phenols is 1. The van der Waals surface area contributed by atoms with Crippen LogP contribution in [-0.2, 0) is 86.4 Å². The van der Waals surface area contributed by atoms with E-state index in [1.165, 1.54) is 58.4 Å². The summed E-state index contributed by atoms with van der Waals surface area (Å²) in [7, 11) is 0. The molecule has 0 aliphatic carbocycles. The topological polar surface area (TPSA) is 543 Å². The number of unbranched alkanes of at least 4 members (excludes halogenated alkanes) is 1. The van der Waals surface area contributed by atoms with Crippen LogP contribution in [0.25, 0.3) is 10.9 Å². The van der Waals surface area contributed by atoms with E-state index < -0.39 is 162 Å². The summed E-state index contributed by atoms with van der Waals surface area (Å²) in [4.78, 5) is 206. The molecular weight excluding hydrogens is 1390 g/mol. The number of nitrogens with two attached hydrogens (primary N) is 4. The molecule has 2 saturated heterocycles. The van der Waals surface area contributed by atoms with E-state index in [4.69, 9.17) is 22.9 Å². The van der Waals surface area contributed by atoms with Gasteiger partial charge in [-0.15, -0.1) is 0 Å². The Bertz CT molecular complexity index is 3690. The molecule has 2 aliphatic rings.